The molecule has 1 amide bonds. The Bertz CT molecular complexity index is 1150. The van der Waals surface area contributed by atoms with Crippen molar-refractivity contribution in [1.29, 1.82) is 0 Å². The van der Waals surface area contributed by atoms with Crippen LogP contribution in [0.3, 0.4) is 0 Å². The van der Waals surface area contributed by atoms with Crippen LogP contribution in [0.1, 0.15) is 19.3 Å². The van der Waals surface area contributed by atoms with Crippen LogP contribution in [0.4, 0.5) is 0 Å². The molecule has 36 heavy (non-hydrogen) atoms. The highest BCUT2D eigenvalue weighted by Crippen LogP contribution is 2.38. The number of piperidine rings is 1. The van der Waals surface area contributed by atoms with Crippen molar-refractivity contribution in [3.63, 3.8) is 0 Å². The number of halogens is 1. The highest BCUT2D eigenvalue weighted by Gasteiger charge is 2.43. The van der Waals surface area contributed by atoms with Crippen molar-refractivity contribution in [2.24, 2.45) is 5.41 Å². The number of carbonyl (C=O) groups excluding carboxylic acids is 1. The SMILES string of the molecule is COc1cccc(S(=O)(=O)N2CCCC(COc3ccc(Cl)cc3)(CC(=O)N3CCN(C)CC3)C2)c1. The van der Waals surface area contributed by atoms with E-state index in [2.05, 4.69) is 4.90 Å². The van der Waals surface area contributed by atoms with E-state index in [4.69, 9.17) is 21.1 Å². The van der Waals surface area contributed by atoms with E-state index in [0.717, 1.165) is 13.1 Å². The second-order valence-electron chi connectivity index (χ2n) is 9.72. The predicted octanol–water partition coefficient (Wildman–Crippen LogP) is 3.36. The van der Waals surface area contributed by atoms with Crippen LogP contribution in [0, 0.1) is 5.41 Å². The van der Waals surface area contributed by atoms with E-state index >= 15 is 0 Å². The van der Waals surface area contributed by atoms with Gasteiger partial charge < -0.3 is 19.3 Å². The standard InChI is InChI=1S/C26H34ClN3O5S/c1-28-13-15-29(16-14-28)25(31)18-26(20-35-22-9-7-21(27)8-10-22)11-4-12-30(19-26)36(32,33)24-6-3-5-23(17-24)34-2/h3,5-10,17H,4,11-16,18-20H2,1-2H3. The number of ether oxygens (including phenoxy) is 2. The first-order valence-corrected chi connectivity index (χ1v) is 14.0. The number of hydrogen-bond donors (Lipinski definition) is 0. The van der Waals surface area contributed by atoms with Gasteiger partial charge in [-0.3, -0.25) is 4.79 Å². The Kier molecular flexibility index (Phi) is 8.44. The Morgan fingerprint density at radius 1 is 1.03 bits per heavy atom. The average Bonchev–Trinajstić information content (AvgIpc) is 2.89. The zero-order chi connectivity index (χ0) is 25.8. The molecule has 2 aromatic carbocycles. The molecule has 10 heteroatoms. The average molecular weight is 536 g/mol. The maximum Gasteiger partial charge on any atom is 0.243 e. The summed E-state index contributed by atoms with van der Waals surface area (Å²) < 4.78 is 40.0. The third-order valence-electron chi connectivity index (χ3n) is 7.05. The largest absolute Gasteiger partial charge is 0.497 e. The minimum absolute atomic E-state index is 0.0448. The summed E-state index contributed by atoms with van der Waals surface area (Å²) in [7, 11) is -0.216. The second kappa shape index (κ2) is 11.4. The van der Waals surface area contributed by atoms with Gasteiger partial charge in [0.2, 0.25) is 15.9 Å². The van der Waals surface area contributed by atoms with Gasteiger partial charge in [-0.05, 0) is 56.3 Å². The molecule has 0 spiro atoms. The van der Waals surface area contributed by atoms with Crippen LogP contribution in [0.2, 0.25) is 5.02 Å². The monoisotopic (exact) mass is 535 g/mol. The summed E-state index contributed by atoms with van der Waals surface area (Å²) in [4.78, 5) is 17.7. The molecule has 0 N–H and O–H groups in total. The minimum Gasteiger partial charge on any atom is -0.497 e. The highest BCUT2D eigenvalue weighted by molar-refractivity contribution is 7.89. The lowest BCUT2D eigenvalue weighted by Gasteiger charge is -2.43. The molecule has 2 fully saturated rings. The van der Waals surface area contributed by atoms with Crippen LogP contribution in [0.5, 0.6) is 11.5 Å². The van der Waals surface area contributed by atoms with Gasteiger partial charge in [0.1, 0.15) is 11.5 Å². The van der Waals surface area contributed by atoms with Gasteiger partial charge in [-0.15, -0.1) is 0 Å². The van der Waals surface area contributed by atoms with E-state index in [1.807, 2.05) is 11.9 Å². The van der Waals surface area contributed by atoms with Gasteiger partial charge in [0.25, 0.3) is 0 Å². The molecular weight excluding hydrogens is 502 g/mol. The number of benzene rings is 2. The summed E-state index contributed by atoms with van der Waals surface area (Å²) >= 11 is 6.01. The molecule has 2 saturated heterocycles. The first kappa shape index (κ1) is 26.7. The van der Waals surface area contributed by atoms with Crippen molar-refractivity contribution < 1.29 is 22.7 Å². The zero-order valence-corrected chi connectivity index (χ0v) is 22.4. The summed E-state index contributed by atoms with van der Waals surface area (Å²) in [5.74, 6) is 1.16. The lowest BCUT2D eigenvalue weighted by molar-refractivity contribution is -0.136. The van der Waals surface area contributed by atoms with Crippen molar-refractivity contribution >= 4 is 27.5 Å². The summed E-state index contributed by atoms with van der Waals surface area (Å²) in [6, 6.07) is 13.6. The molecule has 8 nitrogen and oxygen atoms in total. The molecule has 0 radical (unpaired) electrons. The highest BCUT2D eigenvalue weighted by atomic mass is 35.5. The third-order valence-corrected chi connectivity index (χ3v) is 9.14. The van der Waals surface area contributed by atoms with Crippen LogP contribution in [-0.2, 0) is 14.8 Å². The molecule has 4 rings (SSSR count). The first-order chi connectivity index (χ1) is 17.2. The molecule has 2 aromatic rings. The molecule has 2 heterocycles. The maximum atomic E-state index is 13.6. The molecule has 1 unspecified atom stereocenters. The van der Waals surface area contributed by atoms with Crippen LogP contribution >= 0.6 is 11.6 Å². The third kappa shape index (κ3) is 6.32. The van der Waals surface area contributed by atoms with Gasteiger partial charge in [-0.2, -0.15) is 4.31 Å². The summed E-state index contributed by atoms with van der Waals surface area (Å²) in [5.41, 5.74) is -0.649. The molecule has 196 valence electrons. The summed E-state index contributed by atoms with van der Waals surface area (Å²) in [6.07, 6.45) is 1.57. The van der Waals surface area contributed by atoms with Crippen molar-refractivity contribution in [3.05, 3.63) is 53.6 Å². The van der Waals surface area contributed by atoms with Crippen LogP contribution in [-0.4, -0.2) is 88.5 Å². The van der Waals surface area contributed by atoms with Gasteiger partial charge in [0, 0.05) is 62.2 Å². The first-order valence-electron chi connectivity index (χ1n) is 12.2. The molecule has 1 atom stereocenters. The number of amides is 1. The lowest BCUT2D eigenvalue weighted by Crippen LogP contribution is -2.53. The Hall–Kier alpha value is -2.33. The van der Waals surface area contributed by atoms with E-state index in [0.29, 0.717) is 49.0 Å². The number of hydrogen-bond acceptors (Lipinski definition) is 6. The van der Waals surface area contributed by atoms with E-state index in [1.54, 1.807) is 42.5 Å². The molecule has 0 bridgehead atoms. The maximum absolute atomic E-state index is 13.6. The van der Waals surface area contributed by atoms with Crippen molar-refractivity contribution in [2.75, 3.05) is 60.0 Å². The van der Waals surface area contributed by atoms with Gasteiger partial charge in [0.15, 0.2) is 0 Å². The molecule has 0 aliphatic carbocycles. The fourth-order valence-electron chi connectivity index (χ4n) is 4.85. The number of rotatable bonds is 8. The van der Waals surface area contributed by atoms with E-state index in [-0.39, 0.29) is 30.4 Å². The molecule has 0 saturated carbocycles. The van der Waals surface area contributed by atoms with Gasteiger partial charge in [-0.1, -0.05) is 17.7 Å². The van der Waals surface area contributed by atoms with Crippen LogP contribution < -0.4 is 9.47 Å². The van der Waals surface area contributed by atoms with E-state index in [1.165, 1.54) is 17.5 Å². The van der Waals surface area contributed by atoms with Crippen LogP contribution in [0.25, 0.3) is 0 Å². The fourth-order valence-corrected chi connectivity index (χ4v) is 6.60. The number of likely N-dealkylation sites (N-methyl/N-ethyl adjacent to an activating group) is 1. The predicted molar refractivity (Wildman–Crippen MR) is 139 cm³/mol. The van der Waals surface area contributed by atoms with Crippen molar-refractivity contribution in [1.82, 2.24) is 14.1 Å². The Balaban J connectivity index is 1.57. The van der Waals surface area contributed by atoms with Gasteiger partial charge in [-0.25, -0.2) is 8.42 Å². The minimum atomic E-state index is -3.77. The Labute approximate surface area is 218 Å². The van der Waals surface area contributed by atoms with E-state index in [9.17, 15) is 13.2 Å². The molecule has 2 aliphatic heterocycles. The Morgan fingerprint density at radius 3 is 2.44 bits per heavy atom. The zero-order valence-electron chi connectivity index (χ0n) is 20.9. The van der Waals surface area contributed by atoms with Gasteiger partial charge >= 0.3 is 0 Å². The van der Waals surface area contributed by atoms with Crippen molar-refractivity contribution in [2.45, 2.75) is 24.2 Å². The number of nitrogens with zero attached hydrogens (tertiary/aromatic N) is 3. The molecule has 0 aromatic heterocycles. The lowest BCUT2D eigenvalue weighted by atomic mass is 9.78. The number of carbonyl (C=O) groups is 1. The van der Waals surface area contributed by atoms with Crippen LogP contribution in [0.15, 0.2) is 53.4 Å². The molecular formula is C26H34ClN3O5S. The molecule has 2 aliphatic rings. The second-order valence-corrected chi connectivity index (χ2v) is 12.1. The summed E-state index contributed by atoms with van der Waals surface area (Å²) in [5, 5.41) is 0.607. The van der Waals surface area contributed by atoms with Crippen molar-refractivity contribution in [3.8, 4) is 11.5 Å². The normalized spacial score (nSPS) is 21.8. The fraction of sp³-hybridized carbons (Fsp3) is 0.500. The quantitative estimate of drug-likeness (QED) is 0.516. The number of piperazine rings is 1. The number of sulfonamides is 1. The summed E-state index contributed by atoms with van der Waals surface area (Å²) in [6.45, 7) is 3.85. The van der Waals surface area contributed by atoms with Gasteiger partial charge in [0.05, 0.1) is 18.6 Å². The topological polar surface area (TPSA) is 79.4 Å². The number of methoxy groups -OCH3 is 1. The smallest absolute Gasteiger partial charge is 0.243 e. The Morgan fingerprint density at radius 2 is 1.75 bits per heavy atom. The van der Waals surface area contributed by atoms with E-state index < -0.39 is 15.4 Å².